The van der Waals surface area contributed by atoms with E-state index in [1.807, 2.05) is 13.8 Å². The maximum absolute atomic E-state index is 11.6. The van der Waals surface area contributed by atoms with Crippen LogP contribution < -0.4 is 5.32 Å². The molecule has 0 amide bonds. The van der Waals surface area contributed by atoms with Gasteiger partial charge in [-0.15, -0.1) is 0 Å². The minimum atomic E-state index is -0.219. The molecule has 4 heteroatoms. The van der Waals surface area contributed by atoms with Gasteiger partial charge in [-0.3, -0.25) is 4.79 Å². The fourth-order valence-corrected chi connectivity index (χ4v) is 1.68. The first-order valence-electron chi connectivity index (χ1n) is 6.47. The Hall–Kier alpha value is -0.610. The first kappa shape index (κ1) is 16.4. The summed E-state index contributed by atoms with van der Waals surface area (Å²) in [5.74, 6) is -0.173. The van der Waals surface area contributed by atoms with Gasteiger partial charge >= 0.3 is 5.97 Å². The number of carbonyl (C=O) groups excluding carboxylic acids is 1. The molecule has 1 atom stereocenters. The summed E-state index contributed by atoms with van der Waals surface area (Å²) in [6, 6.07) is -0.219. The van der Waals surface area contributed by atoms with Gasteiger partial charge in [0, 0.05) is 13.2 Å². The lowest BCUT2D eigenvalue weighted by Crippen LogP contribution is -2.42. The average molecular weight is 245 g/mol. The van der Waals surface area contributed by atoms with E-state index in [0.29, 0.717) is 6.61 Å². The Bertz CT molecular complexity index is 217. The third-order valence-corrected chi connectivity index (χ3v) is 2.82. The molecule has 0 saturated carbocycles. The van der Waals surface area contributed by atoms with Gasteiger partial charge < -0.3 is 15.2 Å². The molecule has 0 rings (SSSR count). The summed E-state index contributed by atoms with van der Waals surface area (Å²) in [6.45, 7) is 9.44. The van der Waals surface area contributed by atoms with Crippen molar-refractivity contribution in [3.63, 3.8) is 0 Å². The Balaban J connectivity index is 4.08. The van der Waals surface area contributed by atoms with E-state index >= 15 is 0 Å². The van der Waals surface area contributed by atoms with Crippen molar-refractivity contribution in [1.29, 1.82) is 0 Å². The SMILES string of the molecule is CCOC(=O)C(CC)NCC(C)(C)CCCO. The predicted octanol–water partition coefficient (Wildman–Crippen LogP) is 1.72. The van der Waals surface area contributed by atoms with E-state index in [-0.39, 0.29) is 24.0 Å². The first-order chi connectivity index (χ1) is 7.96. The fourth-order valence-electron chi connectivity index (χ4n) is 1.68. The van der Waals surface area contributed by atoms with E-state index in [1.54, 1.807) is 0 Å². The van der Waals surface area contributed by atoms with Crippen LogP contribution in [0, 0.1) is 5.41 Å². The van der Waals surface area contributed by atoms with Gasteiger partial charge in [0.15, 0.2) is 0 Å². The number of aliphatic hydroxyl groups is 1. The number of nitrogens with one attached hydrogen (secondary N) is 1. The molecule has 0 heterocycles. The summed E-state index contributed by atoms with van der Waals surface area (Å²) < 4.78 is 5.00. The predicted molar refractivity (Wildman–Crippen MR) is 68.8 cm³/mol. The van der Waals surface area contributed by atoms with Crippen LogP contribution in [0.2, 0.25) is 0 Å². The van der Waals surface area contributed by atoms with Crippen LogP contribution in [-0.2, 0) is 9.53 Å². The Morgan fingerprint density at radius 1 is 1.41 bits per heavy atom. The maximum atomic E-state index is 11.6. The van der Waals surface area contributed by atoms with Gasteiger partial charge in [-0.25, -0.2) is 0 Å². The van der Waals surface area contributed by atoms with E-state index in [9.17, 15) is 4.79 Å². The average Bonchev–Trinajstić information content (AvgIpc) is 2.27. The van der Waals surface area contributed by atoms with Crippen molar-refractivity contribution < 1.29 is 14.6 Å². The first-order valence-corrected chi connectivity index (χ1v) is 6.47. The number of ether oxygens (including phenoxy) is 1. The summed E-state index contributed by atoms with van der Waals surface area (Å²) in [5, 5.41) is 12.1. The van der Waals surface area contributed by atoms with Crippen LogP contribution in [0.4, 0.5) is 0 Å². The minimum Gasteiger partial charge on any atom is -0.465 e. The van der Waals surface area contributed by atoms with Crippen molar-refractivity contribution in [2.45, 2.75) is 53.0 Å². The largest absolute Gasteiger partial charge is 0.465 e. The van der Waals surface area contributed by atoms with Gasteiger partial charge in [-0.2, -0.15) is 0 Å². The zero-order valence-corrected chi connectivity index (χ0v) is 11.6. The lowest BCUT2D eigenvalue weighted by atomic mass is 9.87. The third-order valence-electron chi connectivity index (χ3n) is 2.82. The smallest absolute Gasteiger partial charge is 0.323 e. The van der Waals surface area contributed by atoms with E-state index in [0.717, 1.165) is 25.8 Å². The summed E-state index contributed by atoms with van der Waals surface area (Å²) in [5.41, 5.74) is 0.0860. The number of esters is 1. The van der Waals surface area contributed by atoms with Crippen molar-refractivity contribution in [2.24, 2.45) is 5.41 Å². The standard InChI is InChI=1S/C13H27NO3/c1-5-11(12(16)17-6-2)14-10-13(3,4)8-7-9-15/h11,14-15H,5-10H2,1-4H3. The second kappa shape index (κ2) is 8.48. The molecule has 0 spiro atoms. The van der Waals surface area contributed by atoms with Gasteiger partial charge in [-0.1, -0.05) is 20.8 Å². The van der Waals surface area contributed by atoms with E-state index in [2.05, 4.69) is 19.2 Å². The second-order valence-electron chi connectivity index (χ2n) is 5.09. The highest BCUT2D eigenvalue weighted by molar-refractivity contribution is 5.75. The van der Waals surface area contributed by atoms with Crippen molar-refractivity contribution >= 4 is 5.97 Å². The molecule has 0 aliphatic rings. The van der Waals surface area contributed by atoms with Crippen LogP contribution in [0.5, 0.6) is 0 Å². The zero-order chi connectivity index (χ0) is 13.3. The van der Waals surface area contributed by atoms with Crippen LogP contribution in [0.25, 0.3) is 0 Å². The maximum Gasteiger partial charge on any atom is 0.323 e. The Morgan fingerprint density at radius 3 is 2.53 bits per heavy atom. The minimum absolute atomic E-state index is 0.0860. The molecule has 2 N–H and O–H groups in total. The second-order valence-corrected chi connectivity index (χ2v) is 5.09. The molecule has 0 aromatic rings. The normalized spacial score (nSPS) is 13.5. The van der Waals surface area contributed by atoms with E-state index in [1.165, 1.54) is 0 Å². The van der Waals surface area contributed by atoms with Crippen molar-refractivity contribution in [3.05, 3.63) is 0 Å². The Labute approximate surface area is 105 Å². The molecule has 4 nitrogen and oxygen atoms in total. The van der Waals surface area contributed by atoms with Gasteiger partial charge in [0.1, 0.15) is 6.04 Å². The molecule has 0 aliphatic heterocycles. The monoisotopic (exact) mass is 245 g/mol. The molecule has 0 fully saturated rings. The Morgan fingerprint density at radius 2 is 2.06 bits per heavy atom. The zero-order valence-electron chi connectivity index (χ0n) is 11.6. The molecule has 0 aliphatic carbocycles. The van der Waals surface area contributed by atoms with Crippen LogP contribution in [-0.4, -0.2) is 36.9 Å². The Kier molecular flexibility index (Phi) is 8.17. The van der Waals surface area contributed by atoms with Crippen LogP contribution in [0.3, 0.4) is 0 Å². The van der Waals surface area contributed by atoms with Crippen LogP contribution >= 0.6 is 0 Å². The van der Waals surface area contributed by atoms with Crippen LogP contribution in [0.15, 0.2) is 0 Å². The molecule has 0 radical (unpaired) electrons. The summed E-state index contributed by atoms with van der Waals surface area (Å²) >= 11 is 0. The lowest BCUT2D eigenvalue weighted by molar-refractivity contribution is -0.145. The summed E-state index contributed by atoms with van der Waals surface area (Å²) in [4.78, 5) is 11.6. The molecule has 0 aromatic heterocycles. The lowest BCUT2D eigenvalue weighted by Gasteiger charge is -2.27. The van der Waals surface area contributed by atoms with Gasteiger partial charge in [0.25, 0.3) is 0 Å². The number of carbonyl (C=O) groups is 1. The molecule has 0 aromatic carbocycles. The highest BCUT2D eigenvalue weighted by Gasteiger charge is 2.22. The summed E-state index contributed by atoms with van der Waals surface area (Å²) in [7, 11) is 0. The highest BCUT2D eigenvalue weighted by atomic mass is 16.5. The number of aliphatic hydroxyl groups excluding tert-OH is 1. The van der Waals surface area contributed by atoms with Crippen molar-refractivity contribution in [1.82, 2.24) is 5.32 Å². The molecule has 0 bridgehead atoms. The van der Waals surface area contributed by atoms with Crippen LogP contribution in [0.1, 0.15) is 47.0 Å². The molecule has 102 valence electrons. The summed E-state index contributed by atoms with van der Waals surface area (Å²) in [6.07, 6.45) is 2.47. The number of hydrogen-bond acceptors (Lipinski definition) is 4. The third kappa shape index (κ3) is 7.34. The molecule has 1 unspecified atom stereocenters. The fraction of sp³-hybridized carbons (Fsp3) is 0.923. The number of rotatable bonds is 9. The van der Waals surface area contributed by atoms with Gasteiger partial charge in [-0.05, 0) is 31.6 Å². The van der Waals surface area contributed by atoms with Gasteiger partial charge in [0.2, 0.25) is 0 Å². The van der Waals surface area contributed by atoms with Gasteiger partial charge in [0.05, 0.1) is 6.61 Å². The number of hydrogen-bond donors (Lipinski definition) is 2. The van der Waals surface area contributed by atoms with E-state index in [4.69, 9.17) is 9.84 Å². The molecular formula is C13H27NO3. The molecule has 0 saturated heterocycles. The highest BCUT2D eigenvalue weighted by Crippen LogP contribution is 2.21. The molecule has 17 heavy (non-hydrogen) atoms. The molecular weight excluding hydrogens is 218 g/mol. The van der Waals surface area contributed by atoms with E-state index < -0.39 is 0 Å². The topological polar surface area (TPSA) is 58.6 Å². The van der Waals surface area contributed by atoms with Crippen molar-refractivity contribution in [2.75, 3.05) is 19.8 Å². The van der Waals surface area contributed by atoms with Crippen molar-refractivity contribution in [3.8, 4) is 0 Å². The quantitative estimate of drug-likeness (QED) is 0.607.